The summed E-state index contributed by atoms with van der Waals surface area (Å²) in [5, 5.41) is 0. The second kappa shape index (κ2) is 2.64. The van der Waals surface area contributed by atoms with Crippen LogP contribution in [0.3, 0.4) is 0 Å². The second-order valence-corrected chi connectivity index (χ2v) is 2.59. The Kier molecular flexibility index (Phi) is 1.85. The molecule has 0 aliphatic carbocycles. The van der Waals surface area contributed by atoms with Crippen LogP contribution in [-0.2, 0) is 0 Å². The molecule has 0 amide bonds. The van der Waals surface area contributed by atoms with E-state index in [1.165, 1.54) is 0 Å². The van der Waals surface area contributed by atoms with Crippen LogP contribution >= 0.6 is 0 Å². The molecule has 1 aromatic rings. The fraction of sp³-hybridized carbons (Fsp3) is 0.429. The van der Waals surface area contributed by atoms with Crippen molar-refractivity contribution in [2.75, 3.05) is 11.2 Å². The van der Waals surface area contributed by atoms with Gasteiger partial charge < -0.3 is 11.2 Å². The van der Waals surface area contributed by atoms with Crippen molar-refractivity contribution in [2.24, 2.45) is 0 Å². The van der Waals surface area contributed by atoms with Crippen LogP contribution in [0.4, 0.5) is 5.82 Å². The van der Waals surface area contributed by atoms with Crippen molar-refractivity contribution >= 4 is 5.82 Å². The molecule has 0 fully saturated rings. The minimum atomic E-state index is 0.412. The minimum absolute atomic E-state index is 0.412. The third kappa shape index (κ3) is 1.43. The predicted molar refractivity (Wildman–Crippen MR) is 43.3 cm³/mol. The molecular weight excluding hydrogens is 126 g/mol. The van der Waals surface area contributed by atoms with E-state index in [0.29, 0.717) is 6.04 Å². The van der Waals surface area contributed by atoms with Gasteiger partial charge in [0.2, 0.25) is 0 Å². The molecule has 0 saturated carbocycles. The van der Waals surface area contributed by atoms with Gasteiger partial charge in [0.05, 0.1) is 0 Å². The van der Waals surface area contributed by atoms with Gasteiger partial charge in [-0.25, -0.2) is 0 Å². The summed E-state index contributed by atoms with van der Waals surface area (Å²) < 4.78 is 1.81. The van der Waals surface area contributed by atoms with E-state index in [1.807, 2.05) is 23.0 Å². The molecule has 3 heteroatoms. The molecule has 1 aromatic heterocycles. The Morgan fingerprint density at radius 2 is 2.30 bits per heavy atom. The molecule has 1 heterocycles. The zero-order valence-electron chi connectivity index (χ0n) is 6.33. The van der Waals surface area contributed by atoms with Crippen LogP contribution in [0.1, 0.15) is 13.8 Å². The molecule has 1 rings (SSSR count). The number of aromatic nitrogens is 1. The third-order valence-corrected chi connectivity index (χ3v) is 1.18. The van der Waals surface area contributed by atoms with Crippen molar-refractivity contribution in [3.8, 4) is 0 Å². The molecule has 0 aliphatic rings. The fourth-order valence-electron chi connectivity index (χ4n) is 0.790. The van der Waals surface area contributed by atoms with Crippen molar-refractivity contribution in [1.82, 2.24) is 4.68 Å². The van der Waals surface area contributed by atoms with Crippen LogP contribution in [0, 0.1) is 0 Å². The van der Waals surface area contributed by atoms with Gasteiger partial charge >= 0.3 is 0 Å². The molecule has 0 aliphatic heterocycles. The number of nitrogens with two attached hydrogens (primary N) is 1. The van der Waals surface area contributed by atoms with Crippen molar-refractivity contribution in [2.45, 2.75) is 19.9 Å². The Bertz CT molecular complexity index is 202. The van der Waals surface area contributed by atoms with Crippen LogP contribution in [0.2, 0.25) is 0 Å². The number of hydrogen-bond acceptors (Lipinski definition) is 2. The standard InChI is InChI=1S/C7H13N3/c1-6(2)9-10-5-3-4-7(10)8/h3-6,9H,8H2,1-2H3. The molecule has 0 aromatic carbocycles. The molecule has 0 radical (unpaired) electrons. The molecule has 0 saturated heterocycles. The van der Waals surface area contributed by atoms with E-state index in [1.54, 1.807) is 0 Å². The van der Waals surface area contributed by atoms with Gasteiger partial charge in [-0.05, 0) is 26.0 Å². The molecule has 0 atom stereocenters. The third-order valence-electron chi connectivity index (χ3n) is 1.18. The molecular formula is C7H13N3. The molecule has 3 nitrogen and oxygen atoms in total. The van der Waals surface area contributed by atoms with E-state index in [4.69, 9.17) is 5.73 Å². The normalized spacial score (nSPS) is 10.3. The highest BCUT2D eigenvalue weighted by Crippen LogP contribution is 2.00. The van der Waals surface area contributed by atoms with Crippen molar-refractivity contribution < 1.29 is 0 Å². The summed E-state index contributed by atoms with van der Waals surface area (Å²) in [5.41, 5.74) is 8.73. The largest absolute Gasteiger partial charge is 0.384 e. The highest BCUT2D eigenvalue weighted by Gasteiger charge is 1.94. The smallest absolute Gasteiger partial charge is 0.122 e. The number of hydrogen-bond donors (Lipinski definition) is 2. The monoisotopic (exact) mass is 139 g/mol. The van der Waals surface area contributed by atoms with E-state index in [9.17, 15) is 0 Å². The average Bonchev–Trinajstić information content (AvgIpc) is 2.15. The Labute approximate surface area is 60.8 Å². The Morgan fingerprint density at radius 1 is 1.60 bits per heavy atom. The Morgan fingerprint density at radius 3 is 2.70 bits per heavy atom. The molecule has 0 unspecified atom stereocenters. The van der Waals surface area contributed by atoms with Gasteiger partial charge in [-0.1, -0.05) is 0 Å². The van der Waals surface area contributed by atoms with Gasteiger partial charge in [-0.15, -0.1) is 0 Å². The van der Waals surface area contributed by atoms with E-state index >= 15 is 0 Å². The summed E-state index contributed by atoms with van der Waals surface area (Å²) in [7, 11) is 0. The molecule has 3 N–H and O–H groups in total. The van der Waals surface area contributed by atoms with Gasteiger partial charge in [0, 0.05) is 12.2 Å². The lowest BCUT2D eigenvalue weighted by Gasteiger charge is -2.12. The fourth-order valence-corrected chi connectivity index (χ4v) is 0.790. The van der Waals surface area contributed by atoms with Gasteiger partial charge in [0.25, 0.3) is 0 Å². The van der Waals surface area contributed by atoms with E-state index in [0.717, 1.165) is 5.82 Å². The number of nitrogens with one attached hydrogen (secondary N) is 1. The van der Waals surface area contributed by atoms with E-state index < -0.39 is 0 Å². The molecule has 56 valence electrons. The first-order valence-electron chi connectivity index (χ1n) is 3.39. The summed E-state index contributed by atoms with van der Waals surface area (Å²) in [6, 6.07) is 4.18. The quantitative estimate of drug-likeness (QED) is 0.642. The zero-order chi connectivity index (χ0) is 7.56. The van der Waals surface area contributed by atoms with Gasteiger partial charge in [-0.2, -0.15) is 0 Å². The van der Waals surface area contributed by atoms with Gasteiger partial charge in [0.15, 0.2) is 0 Å². The average molecular weight is 139 g/mol. The summed E-state index contributed by atoms with van der Waals surface area (Å²) in [6.45, 7) is 4.14. The first kappa shape index (κ1) is 6.99. The first-order chi connectivity index (χ1) is 4.70. The maximum atomic E-state index is 5.59. The lowest BCUT2D eigenvalue weighted by atomic mass is 10.4. The van der Waals surface area contributed by atoms with E-state index in [-0.39, 0.29) is 0 Å². The van der Waals surface area contributed by atoms with Crippen molar-refractivity contribution in [1.29, 1.82) is 0 Å². The van der Waals surface area contributed by atoms with Crippen LogP contribution in [0.5, 0.6) is 0 Å². The zero-order valence-corrected chi connectivity index (χ0v) is 6.33. The van der Waals surface area contributed by atoms with Crippen LogP contribution in [0.25, 0.3) is 0 Å². The summed E-state index contributed by atoms with van der Waals surface area (Å²) >= 11 is 0. The first-order valence-corrected chi connectivity index (χ1v) is 3.39. The number of anilines is 1. The lowest BCUT2D eigenvalue weighted by molar-refractivity contribution is 0.746. The predicted octanol–water partition coefficient (Wildman–Crippen LogP) is 1.02. The van der Waals surface area contributed by atoms with Crippen LogP contribution in [0.15, 0.2) is 18.3 Å². The van der Waals surface area contributed by atoms with Crippen molar-refractivity contribution in [3.05, 3.63) is 18.3 Å². The number of nitrogen functional groups attached to an aromatic ring is 1. The minimum Gasteiger partial charge on any atom is -0.384 e. The highest BCUT2D eigenvalue weighted by molar-refractivity contribution is 5.30. The number of nitrogens with zero attached hydrogens (tertiary/aromatic N) is 1. The summed E-state index contributed by atoms with van der Waals surface area (Å²) in [6.07, 6.45) is 1.90. The lowest BCUT2D eigenvalue weighted by Crippen LogP contribution is -2.22. The van der Waals surface area contributed by atoms with Crippen LogP contribution in [-0.4, -0.2) is 10.7 Å². The van der Waals surface area contributed by atoms with Crippen LogP contribution < -0.4 is 11.2 Å². The van der Waals surface area contributed by atoms with Gasteiger partial charge in [0.1, 0.15) is 5.82 Å². The molecule has 0 bridgehead atoms. The highest BCUT2D eigenvalue weighted by atomic mass is 15.4. The topological polar surface area (TPSA) is 43.0 Å². The Balaban J connectivity index is 2.65. The van der Waals surface area contributed by atoms with E-state index in [2.05, 4.69) is 19.3 Å². The SMILES string of the molecule is CC(C)Nn1cccc1N. The molecule has 10 heavy (non-hydrogen) atoms. The summed E-state index contributed by atoms with van der Waals surface area (Å²) in [4.78, 5) is 0. The Hall–Kier alpha value is -1.12. The maximum Gasteiger partial charge on any atom is 0.122 e. The second-order valence-electron chi connectivity index (χ2n) is 2.59. The van der Waals surface area contributed by atoms with Crippen molar-refractivity contribution in [3.63, 3.8) is 0 Å². The molecule has 0 spiro atoms. The summed E-state index contributed by atoms with van der Waals surface area (Å²) in [5.74, 6) is 0.744. The van der Waals surface area contributed by atoms with Gasteiger partial charge in [-0.3, -0.25) is 4.68 Å². The number of rotatable bonds is 2. The maximum absolute atomic E-state index is 5.59.